The minimum absolute atomic E-state index is 0.0656. The Hall–Kier alpha value is -1.89. The van der Waals surface area contributed by atoms with Crippen molar-refractivity contribution in [1.82, 2.24) is 15.4 Å². The van der Waals surface area contributed by atoms with Crippen LogP contribution >= 0.6 is 0 Å². The Morgan fingerprint density at radius 3 is 2.74 bits per heavy atom. The summed E-state index contributed by atoms with van der Waals surface area (Å²) in [5.74, 6) is 0.365. The molecule has 0 radical (unpaired) electrons. The van der Waals surface area contributed by atoms with E-state index in [2.05, 4.69) is 10.5 Å². The zero-order valence-corrected chi connectivity index (χ0v) is 14.0. The van der Waals surface area contributed by atoms with E-state index in [0.29, 0.717) is 36.7 Å². The number of likely N-dealkylation sites (tertiary alicyclic amines) is 1. The second-order valence-electron chi connectivity index (χ2n) is 6.33. The fourth-order valence-electron chi connectivity index (χ4n) is 2.70. The number of aromatic nitrogens is 1. The molecule has 2 rings (SSSR count). The first-order valence-corrected chi connectivity index (χ1v) is 8.02. The summed E-state index contributed by atoms with van der Waals surface area (Å²) in [4.78, 5) is 26.2. The first-order chi connectivity index (χ1) is 11.0. The van der Waals surface area contributed by atoms with Crippen LogP contribution < -0.4 is 5.32 Å². The zero-order valence-electron chi connectivity index (χ0n) is 14.0. The van der Waals surface area contributed by atoms with Crippen molar-refractivity contribution in [3.63, 3.8) is 0 Å². The predicted molar refractivity (Wildman–Crippen MR) is 83.7 cm³/mol. The minimum atomic E-state index is -0.203. The van der Waals surface area contributed by atoms with E-state index in [1.165, 1.54) is 6.26 Å². The lowest BCUT2D eigenvalue weighted by molar-refractivity contribution is -0.133. The monoisotopic (exact) mass is 323 g/mol. The highest BCUT2D eigenvalue weighted by Crippen LogP contribution is 2.15. The fourth-order valence-corrected chi connectivity index (χ4v) is 2.70. The first kappa shape index (κ1) is 17.5. The number of nitrogens with zero attached hydrogens (tertiary/aromatic N) is 2. The van der Waals surface area contributed by atoms with E-state index in [0.717, 1.165) is 12.8 Å². The molecule has 0 aromatic carbocycles. The highest BCUT2D eigenvalue weighted by Gasteiger charge is 2.25. The Morgan fingerprint density at radius 1 is 1.43 bits per heavy atom. The third-order valence-corrected chi connectivity index (χ3v) is 3.94. The molecule has 0 saturated carbocycles. The van der Waals surface area contributed by atoms with Gasteiger partial charge in [0, 0.05) is 32.7 Å². The van der Waals surface area contributed by atoms with Crippen molar-refractivity contribution in [2.45, 2.75) is 45.8 Å². The summed E-state index contributed by atoms with van der Waals surface area (Å²) in [6, 6.07) is 0.0656. The largest absolute Gasteiger partial charge is 0.378 e. The van der Waals surface area contributed by atoms with Crippen molar-refractivity contribution in [2.75, 3.05) is 20.2 Å². The number of hydrogen-bond donors (Lipinski definition) is 1. The summed E-state index contributed by atoms with van der Waals surface area (Å²) < 4.78 is 9.84. The molecule has 7 heteroatoms. The summed E-state index contributed by atoms with van der Waals surface area (Å²) in [6.07, 6.45) is 3.45. The van der Waals surface area contributed by atoms with E-state index < -0.39 is 0 Å². The molecule has 2 amide bonds. The van der Waals surface area contributed by atoms with Gasteiger partial charge < -0.3 is 19.5 Å². The van der Waals surface area contributed by atoms with Crippen LogP contribution in [0.4, 0.5) is 0 Å². The maximum atomic E-state index is 12.3. The molecule has 1 aliphatic rings. The van der Waals surface area contributed by atoms with Crippen LogP contribution in [0.5, 0.6) is 0 Å². The van der Waals surface area contributed by atoms with Crippen LogP contribution in [-0.4, -0.2) is 48.1 Å². The molecule has 1 fully saturated rings. The van der Waals surface area contributed by atoms with Gasteiger partial charge in [0.05, 0.1) is 6.61 Å². The van der Waals surface area contributed by atoms with Gasteiger partial charge in [-0.2, -0.15) is 0 Å². The number of rotatable bonds is 6. The number of nitrogens with one attached hydrogen (secondary N) is 1. The third-order valence-electron chi connectivity index (χ3n) is 3.94. The molecule has 7 nitrogen and oxygen atoms in total. The van der Waals surface area contributed by atoms with Crippen LogP contribution in [0, 0.1) is 5.92 Å². The van der Waals surface area contributed by atoms with Crippen LogP contribution in [0.15, 0.2) is 10.8 Å². The van der Waals surface area contributed by atoms with Crippen LogP contribution in [0.3, 0.4) is 0 Å². The second kappa shape index (κ2) is 8.10. The van der Waals surface area contributed by atoms with Gasteiger partial charge in [0.15, 0.2) is 0 Å². The molecule has 1 aliphatic heterocycles. The topological polar surface area (TPSA) is 84.7 Å². The van der Waals surface area contributed by atoms with E-state index in [1.54, 1.807) is 7.11 Å². The van der Waals surface area contributed by atoms with E-state index >= 15 is 0 Å². The van der Waals surface area contributed by atoms with Gasteiger partial charge in [0.2, 0.25) is 5.91 Å². The summed E-state index contributed by atoms with van der Waals surface area (Å²) in [5.41, 5.74) is 0.903. The molecule has 0 atom stereocenters. The van der Waals surface area contributed by atoms with Crippen molar-refractivity contribution in [2.24, 2.45) is 5.92 Å². The van der Waals surface area contributed by atoms with Crippen LogP contribution in [0.25, 0.3) is 0 Å². The molecule has 128 valence electrons. The number of amides is 2. The van der Waals surface area contributed by atoms with E-state index in [1.807, 2.05) is 18.7 Å². The van der Waals surface area contributed by atoms with Gasteiger partial charge in [-0.05, 0) is 18.8 Å². The predicted octanol–water partition coefficient (Wildman–Crippen LogP) is 1.59. The van der Waals surface area contributed by atoms with Crippen LogP contribution in [0.1, 0.15) is 49.2 Å². The van der Waals surface area contributed by atoms with Gasteiger partial charge in [-0.1, -0.05) is 19.0 Å². The standard InChI is InChI=1S/C16H25N3O4/c1-11(2)8-15(20)19-6-4-12(5-7-19)17-16(21)13-9-23-18-14(13)10-22-3/h9,11-12H,4-8,10H2,1-3H3,(H,17,21). The Bertz CT molecular complexity index is 533. The normalized spacial score (nSPS) is 15.9. The summed E-state index contributed by atoms with van der Waals surface area (Å²) in [6.45, 7) is 5.69. The first-order valence-electron chi connectivity index (χ1n) is 8.02. The van der Waals surface area contributed by atoms with Crippen molar-refractivity contribution in [3.05, 3.63) is 17.5 Å². The molecule has 1 aromatic heterocycles. The van der Waals surface area contributed by atoms with Gasteiger partial charge in [0.1, 0.15) is 17.5 Å². The Morgan fingerprint density at radius 2 is 2.13 bits per heavy atom. The Labute approximate surface area is 136 Å². The van der Waals surface area contributed by atoms with Gasteiger partial charge in [-0.25, -0.2) is 0 Å². The number of carbonyl (C=O) groups is 2. The second-order valence-corrected chi connectivity index (χ2v) is 6.33. The van der Waals surface area contributed by atoms with Gasteiger partial charge in [-0.3, -0.25) is 9.59 Å². The van der Waals surface area contributed by atoms with Gasteiger partial charge >= 0.3 is 0 Å². The summed E-state index contributed by atoms with van der Waals surface area (Å²) >= 11 is 0. The van der Waals surface area contributed by atoms with Crippen molar-refractivity contribution in [1.29, 1.82) is 0 Å². The van der Waals surface area contributed by atoms with E-state index in [4.69, 9.17) is 9.26 Å². The van der Waals surface area contributed by atoms with Crippen LogP contribution in [-0.2, 0) is 16.1 Å². The van der Waals surface area contributed by atoms with Crippen LogP contribution in [0.2, 0.25) is 0 Å². The maximum absolute atomic E-state index is 12.3. The molecule has 0 aliphatic carbocycles. The van der Waals surface area contributed by atoms with Gasteiger partial charge in [0.25, 0.3) is 5.91 Å². The summed E-state index contributed by atoms with van der Waals surface area (Å²) in [5, 5.41) is 6.76. The molecule has 0 unspecified atom stereocenters. The molecule has 2 heterocycles. The highest BCUT2D eigenvalue weighted by molar-refractivity contribution is 5.95. The minimum Gasteiger partial charge on any atom is -0.378 e. The lowest BCUT2D eigenvalue weighted by Gasteiger charge is -2.32. The van der Waals surface area contributed by atoms with Gasteiger partial charge in [-0.15, -0.1) is 0 Å². The molecule has 0 spiro atoms. The lowest BCUT2D eigenvalue weighted by atomic mass is 10.0. The van der Waals surface area contributed by atoms with E-state index in [9.17, 15) is 9.59 Å². The Balaban J connectivity index is 1.83. The molecule has 1 aromatic rings. The SMILES string of the molecule is COCc1nocc1C(=O)NC1CCN(C(=O)CC(C)C)CC1. The van der Waals surface area contributed by atoms with Crippen molar-refractivity contribution >= 4 is 11.8 Å². The number of carbonyl (C=O) groups excluding carboxylic acids is 2. The highest BCUT2D eigenvalue weighted by atomic mass is 16.5. The quantitative estimate of drug-likeness (QED) is 0.859. The number of hydrogen-bond acceptors (Lipinski definition) is 5. The lowest BCUT2D eigenvalue weighted by Crippen LogP contribution is -2.46. The number of methoxy groups -OCH3 is 1. The average molecular weight is 323 g/mol. The molecule has 0 bridgehead atoms. The molecule has 1 saturated heterocycles. The Kier molecular flexibility index (Phi) is 6.15. The van der Waals surface area contributed by atoms with Crippen molar-refractivity contribution in [3.8, 4) is 0 Å². The summed E-state index contributed by atoms with van der Waals surface area (Å²) in [7, 11) is 1.54. The zero-order chi connectivity index (χ0) is 16.8. The third kappa shape index (κ3) is 4.79. The average Bonchev–Trinajstić information content (AvgIpc) is 2.96. The fraction of sp³-hybridized carbons (Fsp3) is 0.688. The van der Waals surface area contributed by atoms with E-state index in [-0.39, 0.29) is 24.5 Å². The van der Waals surface area contributed by atoms with Crippen molar-refractivity contribution < 1.29 is 18.8 Å². The molecule has 23 heavy (non-hydrogen) atoms. The maximum Gasteiger partial charge on any atom is 0.256 e. The smallest absolute Gasteiger partial charge is 0.256 e. The molecular formula is C16H25N3O4. The number of ether oxygens (including phenoxy) is 1. The number of piperidine rings is 1. The molecule has 1 N–H and O–H groups in total. The molecular weight excluding hydrogens is 298 g/mol.